The van der Waals surface area contributed by atoms with Crippen LogP contribution in [0.4, 0.5) is 23.7 Å². The number of alkyl halides is 2. The van der Waals surface area contributed by atoms with Gasteiger partial charge in [0.2, 0.25) is 0 Å². The SMILES string of the molecule is O=C(Nc1ccc(OC2CCCC2)c(F)c1)N(CCO)CC(F)F. The molecule has 1 saturated carbocycles. The second-order valence-electron chi connectivity index (χ2n) is 5.66. The monoisotopic (exact) mass is 346 g/mol. The van der Waals surface area contributed by atoms with Crippen LogP contribution >= 0.6 is 0 Å². The van der Waals surface area contributed by atoms with Crippen molar-refractivity contribution < 1.29 is 27.8 Å². The molecule has 1 aromatic carbocycles. The number of halogens is 3. The van der Waals surface area contributed by atoms with Crippen molar-refractivity contribution in [3.8, 4) is 5.75 Å². The first-order chi connectivity index (χ1) is 11.5. The van der Waals surface area contributed by atoms with E-state index in [1.54, 1.807) is 0 Å². The molecule has 2 rings (SSSR count). The number of nitrogens with one attached hydrogen (secondary N) is 1. The van der Waals surface area contributed by atoms with Gasteiger partial charge in [0.15, 0.2) is 11.6 Å². The first-order valence-corrected chi connectivity index (χ1v) is 7.90. The number of aliphatic hydroxyl groups excluding tert-OH is 1. The van der Waals surface area contributed by atoms with Crippen LogP contribution in [0.25, 0.3) is 0 Å². The summed E-state index contributed by atoms with van der Waals surface area (Å²) < 4.78 is 44.5. The lowest BCUT2D eigenvalue weighted by Crippen LogP contribution is -2.40. The summed E-state index contributed by atoms with van der Waals surface area (Å²) >= 11 is 0. The predicted molar refractivity (Wildman–Crippen MR) is 83.0 cm³/mol. The first kappa shape index (κ1) is 18.4. The normalized spacial score (nSPS) is 14.9. The Balaban J connectivity index is 1.98. The minimum absolute atomic E-state index is 0.00558. The van der Waals surface area contributed by atoms with E-state index < -0.39 is 31.4 Å². The molecule has 0 saturated heterocycles. The highest BCUT2D eigenvalue weighted by atomic mass is 19.3. The maximum Gasteiger partial charge on any atom is 0.322 e. The van der Waals surface area contributed by atoms with Crippen LogP contribution < -0.4 is 10.1 Å². The number of carbonyl (C=O) groups excluding carboxylic acids is 1. The molecule has 2 amide bonds. The Bertz CT molecular complexity index is 551. The third-order valence-corrected chi connectivity index (χ3v) is 3.79. The number of nitrogens with zero attached hydrogens (tertiary/aromatic N) is 1. The maximum atomic E-state index is 14.1. The Labute approximate surface area is 138 Å². The van der Waals surface area contributed by atoms with Crippen molar-refractivity contribution >= 4 is 11.7 Å². The maximum absolute atomic E-state index is 14.1. The number of carbonyl (C=O) groups is 1. The molecule has 0 heterocycles. The van der Waals surface area contributed by atoms with Crippen molar-refractivity contribution in [3.63, 3.8) is 0 Å². The molecular weight excluding hydrogens is 325 g/mol. The van der Waals surface area contributed by atoms with Crippen LogP contribution in [0.2, 0.25) is 0 Å². The quantitative estimate of drug-likeness (QED) is 0.797. The highest BCUT2D eigenvalue weighted by molar-refractivity contribution is 5.89. The molecule has 1 fully saturated rings. The number of amides is 2. The van der Waals surface area contributed by atoms with Gasteiger partial charge in [-0.3, -0.25) is 0 Å². The molecule has 0 radical (unpaired) electrons. The van der Waals surface area contributed by atoms with Gasteiger partial charge in [0.05, 0.1) is 19.3 Å². The zero-order valence-corrected chi connectivity index (χ0v) is 13.2. The van der Waals surface area contributed by atoms with E-state index in [-0.39, 0.29) is 24.1 Å². The van der Waals surface area contributed by atoms with Gasteiger partial charge in [-0.1, -0.05) is 0 Å². The van der Waals surface area contributed by atoms with E-state index in [0.717, 1.165) is 36.6 Å². The number of hydrogen-bond acceptors (Lipinski definition) is 3. The summed E-state index contributed by atoms with van der Waals surface area (Å²) in [5, 5.41) is 11.2. The molecular formula is C16H21F3N2O3. The fourth-order valence-electron chi connectivity index (χ4n) is 2.63. The van der Waals surface area contributed by atoms with E-state index in [2.05, 4.69) is 5.32 Å². The molecule has 24 heavy (non-hydrogen) atoms. The first-order valence-electron chi connectivity index (χ1n) is 7.90. The van der Waals surface area contributed by atoms with Gasteiger partial charge < -0.3 is 20.1 Å². The van der Waals surface area contributed by atoms with Gasteiger partial charge in [-0.2, -0.15) is 0 Å². The number of ether oxygens (including phenoxy) is 1. The number of rotatable bonds is 7. The van der Waals surface area contributed by atoms with Gasteiger partial charge in [-0.05, 0) is 37.8 Å². The largest absolute Gasteiger partial charge is 0.487 e. The van der Waals surface area contributed by atoms with Crippen molar-refractivity contribution in [2.75, 3.05) is 25.0 Å². The zero-order valence-electron chi connectivity index (χ0n) is 13.2. The van der Waals surface area contributed by atoms with Crippen molar-refractivity contribution in [2.24, 2.45) is 0 Å². The summed E-state index contributed by atoms with van der Waals surface area (Å²) in [5.74, 6) is -0.512. The van der Waals surface area contributed by atoms with Crippen molar-refractivity contribution in [3.05, 3.63) is 24.0 Å². The molecule has 1 aliphatic carbocycles. The van der Waals surface area contributed by atoms with Crippen LogP contribution in [0.3, 0.4) is 0 Å². The summed E-state index contributed by atoms with van der Waals surface area (Å²) in [4.78, 5) is 12.7. The van der Waals surface area contributed by atoms with Gasteiger partial charge in [0.25, 0.3) is 6.43 Å². The molecule has 5 nitrogen and oxygen atoms in total. The Kier molecular flexibility index (Phi) is 6.72. The molecule has 134 valence electrons. The van der Waals surface area contributed by atoms with Gasteiger partial charge >= 0.3 is 6.03 Å². The number of benzene rings is 1. The smallest absolute Gasteiger partial charge is 0.322 e. The second-order valence-corrected chi connectivity index (χ2v) is 5.66. The lowest BCUT2D eigenvalue weighted by molar-refractivity contribution is 0.0943. The number of aliphatic hydroxyl groups is 1. The van der Waals surface area contributed by atoms with Crippen molar-refractivity contribution in [1.29, 1.82) is 0 Å². The van der Waals surface area contributed by atoms with E-state index in [4.69, 9.17) is 9.84 Å². The van der Waals surface area contributed by atoms with Gasteiger partial charge in [0.1, 0.15) is 0 Å². The molecule has 0 unspecified atom stereocenters. The standard InChI is InChI=1S/C16H21F3N2O3/c17-13-9-11(5-6-14(13)24-12-3-1-2-4-12)20-16(23)21(7-8-22)10-15(18)19/h5-6,9,12,15,22H,1-4,7-8,10H2,(H,20,23). The minimum Gasteiger partial charge on any atom is -0.487 e. The molecule has 0 aliphatic heterocycles. The molecule has 0 spiro atoms. The van der Waals surface area contributed by atoms with Gasteiger partial charge in [-0.15, -0.1) is 0 Å². The molecule has 1 aliphatic rings. The minimum atomic E-state index is -2.72. The fourth-order valence-corrected chi connectivity index (χ4v) is 2.63. The van der Waals surface area contributed by atoms with Crippen LogP contribution in [0.15, 0.2) is 18.2 Å². The average Bonchev–Trinajstić information content (AvgIpc) is 3.02. The summed E-state index contributed by atoms with van der Waals surface area (Å²) in [7, 11) is 0. The zero-order chi connectivity index (χ0) is 17.5. The number of hydrogen-bond donors (Lipinski definition) is 2. The van der Waals surface area contributed by atoms with Crippen LogP contribution in [0.1, 0.15) is 25.7 Å². The average molecular weight is 346 g/mol. The van der Waals surface area contributed by atoms with E-state index in [1.807, 2.05) is 0 Å². The summed E-state index contributed by atoms with van der Waals surface area (Å²) in [6.07, 6.45) is 1.19. The van der Waals surface area contributed by atoms with E-state index in [9.17, 15) is 18.0 Å². The van der Waals surface area contributed by atoms with Crippen molar-refractivity contribution in [2.45, 2.75) is 38.2 Å². The Morgan fingerprint density at radius 3 is 2.67 bits per heavy atom. The van der Waals surface area contributed by atoms with Crippen LogP contribution in [-0.2, 0) is 0 Å². The molecule has 8 heteroatoms. The molecule has 0 atom stereocenters. The van der Waals surface area contributed by atoms with E-state index in [0.29, 0.717) is 0 Å². The van der Waals surface area contributed by atoms with E-state index in [1.165, 1.54) is 12.1 Å². The lowest BCUT2D eigenvalue weighted by atomic mass is 10.2. The third kappa shape index (κ3) is 5.30. The lowest BCUT2D eigenvalue weighted by Gasteiger charge is -2.22. The third-order valence-electron chi connectivity index (χ3n) is 3.79. The van der Waals surface area contributed by atoms with Gasteiger partial charge in [0, 0.05) is 18.3 Å². The highest BCUT2D eigenvalue weighted by Gasteiger charge is 2.20. The van der Waals surface area contributed by atoms with Crippen molar-refractivity contribution in [1.82, 2.24) is 4.90 Å². The highest BCUT2D eigenvalue weighted by Crippen LogP contribution is 2.27. The predicted octanol–water partition coefficient (Wildman–Crippen LogP) is 3.24. The Morgan fingerprint density at radius 2 is 2.08 bits per heavy atom. The molecule has 0 bridgehead atoms. The topological polar surface area (TPSA) is 61.8 Å². The van der Waals surface area contributed by atoms with Crippen LogP contribution in [0, 0.1) is 5.82 Å². The Hall–Kier alpha value is -1.96. The number of urea groups is 1. The summed E-state index contributed by atoms with van der Waals surface area (Å²) in [6.45, 7) is -1.48. The van der Waals surface area contributed by atoms with Crippen LogP contribution in [0.5, 0.6) is 5.75 Å². The second kappa shape index (κ2) is 8.77. The van der Waals surface area contributed by atoms with E-state index >= 15 is 0 Å². The van der Waals surface area contributed by atoms with Crippen LogP contribution in [-0.4, -0.2) is 48.3 Å². The summed E-state index contributed by atoms with van der Waals surface area (Å²) in [5.41, 5.74) is 0.133. The summed E-state index contributed by atoms with van der Waals surface area (Å²) in [6, 6.07) is 3.12. The van der Waals surface area contributed by atoms with Gasteiger partial charge in [-0.25, -0.2) is 18.0 Å². The fraction of sp³-hybridized carbons (Fsp3) is 0.562. The Morgan fingerprint density at radius 1 is 1.38 bits per heavy atom. The molecule has 1 aromatic rings. The molecule has 2 N–H and O–H groups in total. The molecule has 0 aromatic heterocycles. The number of anilines is 1.